The molecule has 1 fully saturated rings. The second-order valence-corrected chi connectivity index (χ2v) is 7.25. The Morgan fingerprint density at radius 3 is 2.63 bits per heavy atom. The van der Waals surface area contributed by atoms with E-state index in [4.69, 9.17) is 14.2 Å². The Morgan fingerprint density at radius 2 is 1.93 bits per heavy atom. The number of rotatable bonds is 9. The summed E-state index contributed by atoms with van der Waals surface area (Å²) in [6.07, 6.45) is 2.36. The molecule has 6 nitrogen and oxygen atoms in total. The van der Waals surface area contributed by atoms with Crippen molar-refractivity contribution in [3.63, 3.8) is 0 Å². The minimum absolute atomic E-state index is 0.153. The first-order valence-corrected chi connectivity index (χ1v) is 10.2. The molecule has 1 amide bonds. The third-order valence-electron chi connectivity index (χ3n) is 5.14. The molecule has 2 aromatic rings. The number of nitrogens with zero attached hydrogens (tertiary/aromatic N) is 1. The summed E-state index contributed by atoms with van der Waals surface area (Å²) in [4.78, 5) is 15.2. The van der Waals surface area contributed by atoms with E-state index in [1.165, 1.54) is 5.56 Å². The lowest BCUT2D eigenvalue weighted by molar-refractivity contribution is 0.0342. The van der Waals surface area contributed by atoms with E-state index >= 15 is 0 Å². The highest BCUT2D eigenvalue weighted by atomic mass is 16.5. The fourth-order valence-corrected chi connectivity index (χ4v) is 3.62. The summed E-state index contributed by atoms with van der Waals surface area (Å²) in [5.74, 6) is 1.01. The summed E-state index contributed by atoms with van der Waals surface area (Å²) in [6, 6.07) is 11.9. The van der Waals surface area contributed by atoms with Crippen molar-refractivity contribution in [2.24, 2.45) is 0 Å². The van der Waals surface area contributed by atoms with Gasteiger partial charge in [-0.25, -0.2) is 0 Å². The van der Waals surface area contributed by atoms with Crippen LogP contribution in [-0.2, 0) is 24.2 Å². The molecule has 0 spiro atoms. The Balaban J connectivity index is 1.67. The van der Waals surface area contributed by atoms with Crippen molar-refractivity contribution in [1.82, 2.24) is 10.2 Å². The summed E-state index contributed by atoms with van der Waals surface area (Å²) >= 11 is 0. The molecule has 0 atom stereocenters. The van der Waals surface area contributed by atoms with Crippen molar-refractivity contribution in [2.75, 3.05) is 40.5 Å². The molecule has 6 heteroatoms. The molecule has 3 rings (SSSR count). The lowest BCUT2D eigenvalue weighted by Gasteiger charge is -2.26. The molecule has 0 radical (unpaired) electrons. The molecular formula is C24H30N2O4. The number of carbonyl (C=O) groups excluding carboxylic acids is 1. The average molecular weight is 411 g/mol. The number of nitrogens with one attached hydrogen (secondary N) is 1. The number of ether oxygens (including phenoxy) is 3. The highest BCUT2D eigenvalue weighted by Gasteiger charge is 2.16. The highest BCUT2D eigenvalue weighted by molar-refractivity contribution is 5.95. The van der Waals surface area contributed by atoms with Crippen LogP contribution in [0, 0.1) is 0 Å². The topological polar surface area (TPSA) is 60.0 Å². The molecule has 0 saturated carbocycles. The molecular weight excluding hydrogens is 380 g/mol. The maximum Gasteiger partial charge on any atom is 0.251 e. The predicted molar refractivity (Wildman–Crippen MR) is 117 cm³/mol. The summed E-state index contributed by atoms with van der Waals surface area (Å²) in [7, 11) is 3.16. The van der Waals surface area contributed by atoms with Crippen molar-refractivity contribution >= 4 is 5.91 Å². The summed E-state index contributed by atoms with van der Waals surface area (Å²) in [6.45, 7) is 8.61. The number of hydrogen-bond donors (Lipinski definition) is 1. The van der Waals surface area contributed by atoms with E-state index in [9.17, 15) is 4.79 Å². The number of allylic oxidation sites excluding steroid dienone is 1. The Hall–Kier alpha value is -2.83. The number of morpholine rings is 1. The molecule has 1 heterocycles. The van der Waals surface area contributed by atoms with Gasteiger partial charge in [-0.1, -0.05) is 30.3 Å². The molecule has 0 unspecified atom stereocenters. The van der Waals surface area contributed by atoms with Gasteiger partial charge >= 0.3 is 0 Å². The van der Waals surface area contributed by atoms with Crippen LogP contribution in [0.2, 0.25) is 0 Å². The molecule has 0 aromatic heterocycles. The van der Waals surface area contributed by atoms with Gasteiger partial charge in [0.15, 0.2) is 11.5 Å². The molecule has 1 aliphatic rings. The Morgan fingerprint density at radius 1 is 1.17 bits per heavy atom. The van der Waals surface area contributed by atoms with Gasteiger partial charge in [-0.15, -0.1) is 6.58 Å². The molecule has 2 aromatic carbocycles. The number of carbonyl (C=O) groups is 1. The number of benzene rings is 2. The van der Waals surface area contributed by atoms with E-state index in [0.717, 1.165) is 44.0 Å². The first-order chi connectivity index (χ1) is 14.6. The quantitative estimate of drug-likeness (QED) is 0.644. The Labute approximate surface area is 178 Å². The molecule has 0 bridgehead atoms. The monoisotopic (exact) mass is 410 g/mol. The van der Waals surface area contributed by atoms with Crippen molar-refractivity contribution in [3.8, 4) is 11.5 Å². The van der Waals surface area contributed by atoms with E-state index in [2.05, 4.69) is 28.9 Å². The van der Waals surface area contributed by atoms with E-state index < -0.39 is 0 Å². The maximum atomic E-state index is 12.8. The predicted octanol–water partition coefficient (Wildman–Crippen LogP) is 3.19. The third-order valence-corrected chi connectivity index (χ3v) is 5.14. The fourth-order valence-electron chi connectivity index (χ4n) is 3.62. The molecule has 160 valence electrons. The zero-order chi connectivity index (χ0) is 21.3. The van der Waals surface area contributed by atoms with Gasteiger partial charge in [-0.2, -0.15) is 0 Å². The molecule has 1 saturated heterocycles. The zero-order valence-corrected chi connectivity index (χ0v) is 17.8. The molecule has 1 N–H and O–H groups in total. The minimum Gasteiger partial charge on any atom is -0.493 e. The maximum absolute atomic E-state index is 12.8. The lowest BCUT2D eigenvalue weighted by atomic mass is 10.0. The first kappa shape index (κ1) is 21.9. The Kier molecular flexibility index (Phi) is 7.88. The van der Waals surface area contributed by atoms with Crippen LogP contribution >= 0.6 is 0 Å². The number of amides is 1. The Bertz CT molecular complexity index is 876. The largest absolute Gasteiger partial charge is 0.493 e. The second-order valence-electron chi connectivity index (χ2n) is 7.25. The van der Waals surface area contributed by atoms with Gasteiger partial charge in [-0.3, -0.25) is 9.69 Å². The van der Waals surface area contributed by atoms with Gasteiger partial charge in [0.05, 0.1) is 27.4 Å². The number of hydrogen-bond acceptors (Lipinski definition) is 5. The van der Waals surface area contributed by atoms with Gasteiger partial charge in [0.25, 0.3) is 5.91 Å². The minimum atomic E-state index is -0.153. The molecule has 30 heavy (non-hydrogen) atoms. The van der Waals surface area contributed by atoms with Crippen molar-refractivity contribution in [2.45, 2.75) is 19.5 Å². The van der Waals surface area contributed by atoms with E-state index in [1.54, 1.807) is 26.4 Å². The van der Waals surface area contributed by atoms with Crippen LogP contribution in [0.25, 0.3) is 0 Å². The van der Waals surface area contributed by atoms with Gasteiger partial charge in [0, 0.05) is 37.3 Å². The van der Waals surface area contributed by atoms with Gasteiger partial charge in [0.1, 0.15) is 0 Å². The van der Waals surface area contributed by atoms with Crippen molar-refractivity contribution < 1.29 is 19.0 Å². The van der Waals surface area contributed by atoms with Gasteiger partial charge < -0.3 is 19.5 Å². The van der Waals surface area contributed by atoms with Crippen LogP contribution in [0.3, 0.4) is 0 Å². The first-order valence-electron chi connectivity index (χ1n) is 10.2. The highest BCUT2D eigenvalue weighted by Crippen LogP contribution is 2.33. The standard InChI is InChI=1S/C24H30N2O4/c1-4-6-20-14-21(15-22(28-2)23(20)29-3)24(27)25-16-18-7-5-8-19(13-18)17-26-9-11-30-12-10-26/h4-5,7-8,13-15H,1,6,9-12,16-17H2,2-3H3,(H,25,27). The number of methoxy groups -OCH3 is 2. The van der Waals surface area contributed by atoms with Gasteiger partial charge in [-0.05, 0) is 29.7 Å². The normalized spacial score (nSPS) is 14.2. The van der Waals surface area contributed by atoms with Crippen LogP contribution in [0.1, 0.15) is 27.0 Å². The van der Waals surface area contributed by atoms with Crippen LogP contribution < -0.4 is 14.8 Å². The SMILES string of the molecule is C=CCc1cc(C(=O)NCc2cccc(CN3CCOCC3)c2)cc(OC)c1OC. The van der Waals surface area contributed by atoms with Gasteiger partial charge in [0.2, 0.25) is 0 Å². The van der Waals surface area contributed by atoms with Crippen LogP contribution in [0.15, 0.2) is 49.1 Å². The summed E-state index contributed by atoms with van der Waals surface area (Å²) in [5.41, 5.74) is 3.71. The van der Waals surface area contributed by atoms with Crippen molar-refractivity contribution in [3.05, 3.63) is 71.3 Å². The zero-order valence-electron chi connectivity index (χ0n) is 17.8. The summed E-state index contributed by atoms with van der Waals surface area (Å²) < 4.78 is 16.3. The third kappa shape index (κ3) is 5.62. The van der Waals surface area contributed by atoms with Crippen LogP contribution in [-0.4, -0.2) is 51.3 Å². The second kappa shape index (κ2) is 10.8. The van der Waals surface area contributed by atoms with E-state index in [1.807, 2.05) is 18.2 Å². The van der Waals surface area contributed by atoms with Crippen LogP contribution in [0.5, 0.6) is 11.5 Å². The molecule has 1 aliphatic heterocycles. The average Bonchev–Trinajstić information content (AvgIpc) is 2.78. The lowest BCUT2D eigenvalue weighted by Crippen LogP contribution is -2.35. The smallest absolute Gasteiger partial charge is 0.251 e. The van der Waals surface area contributed by atoms with Crippen LogP contribution in [0.4, 0.5) is 0 Å². The summed E-state index contributed by atoms with van der Waals surface area (Å²) in [5, 5.41) is 3.01. The van der Waals surface area contributed by atoms with Crippen molar-refractivity contribution in [1.29, 1.82) is 0 Å². The molecule has 0 aliphatic carbocycles. The fraction of sp³-hybridized carbons (Fsp3) is 0.375. The van der Waals surface area contributed by atoms with E-state index in [0.29, 0.717) is 30.0 Å². The van der Waals surface area contributed by atoms with E-state index in [-0.39, 0.29) is 5.91 Å².